The van der Waals surface area contributed by atoms with Gasteiger partial charge in [0.2, 0.25) is 0 Å². The Hall–Kier alpha value is -3.60. The smallest absolute Gasteiger partial charge is 0.189 e. The summed E-state index contributed by atoms with van der Waals surface area (Å²) in [6.45, 7) is 7.46. The van der Waals surface area contributed by atoms with Gasteiger partial charge in [0.05, 0.1) is 51.2 Å². The van der Waals surface area contributed by atoms with Crippen molar-refractivity contribution < 1.29 is 14.4 Å². The molecule has 7 heteroatoms. The zero-order valence-electron chi connectivity index (χ0n) is 18.0. The molecule has 158 valence electrons. The van der Waals surface area contributed by atoms with Crippen LogP contribution < -0.4 is 14.4 Å². The SMILES string of the molecule is C=C(C)COc1ccc([C@H]2[C@@H]3C[NH+](C)CC=C3[C@@H](C#N)C(=N)C2(C#N)C#N)cc1OC. The van der Waals surface area contributed by atoms with E-state index in [1.807, 2.05) is 26.1 Å². The van der Waals surface area contributed by atoms with E-state index in [0.29, 0.717) is 24.7 Å². The Morgan fingerprint density at radius 2 is 2.00 bits per heavy atom. The van der Waals surface area contributed by atoms with Crippen molar-refractivity contribution >= 4 is 5.71 Å². The number of nitrogens with zero attached hydrogens (tertiary/aromatic N) is 3. The fraction of sp³-hybridized carbons (Fsp3) is 0.417. The summed E-state index contributed by atoms with van der Waals surface area (Å²) in [5, 5.41) is 38.7. The second-order valence-corrected chi connectivity index (χ2v) is 8.32. The standard InChI is InChI=1S/C24H25N5O2/c1-15(2)12-31-20-6-5-16(9-21(20)30-4)22-19-11-29(3)8-7-17(19)18(10-25)23(28)24(22,13-26)14-27/h5-7,9,18-19,22,28H,1,8,11-12H2,2-4H3/p+1/t18-,19-,22+/m1/s1. The van der Waals surface area contributed by atoms with Crippen LogP contribution in [-0.4, -0.2) is 39.6 Å². The third kappa shape index (κ3) is 3.67. The lowest BCUT2D eigenvalue weighted by atomic mass is 9.54. The van der Waals surface area contributed by atoms with E-state index in [4.69, 9.17) is 14.9 Å². The zero-order valence-corrected chi connectivity index (χ0v) is 18.0. The first-order chi connectivity index (χ1) is 14.8. The number of likely N-dealkylation sites (N-methyl/N-ethyl adjacent to an activating group) is 1. The summed E-state index contributed by atoms with van der Waals surface area (Å²) in [6.07, 6.45) is 2.00. The van der Waals surface area contributed by atoms with Crippen LogP contribution in [0.2, 0.25) is 0 Å². The van der Waals surface area contributed by atoms with E-state index < -0.39 is 17.3 Å². The topological polar surface area (TPSA) is 118 Å². The first-order valence-corrected chi connectivity index (χ1v) is 10.1. The molecule has 1 saturated carbocycles. The summed E-state index contributed by atoms with van der Waals surface area (Å²) >= 11 is 0. The van der Waals surface area contributed by atoms with Gasteiger partial charge in [-0.25, -0.2) is 0 Å². The molecule has 0 amide bonds. The number of fused-ring (bicyclic) bond motifs is 1. The van der Waals surface area contributed by atoms with Gasteiger partial charge in [-0.3, -0.25) is 0 Å². The summed E-state index contributed by atoms with van der Waals surface area (Å²) in [6, 6.07) is 11.8. The molecule has 31 heavy (non-hydrogen) atoms. The maximum atomic E-state index is 10.1. The first-order valence-electron chi connectivity index (χ1n) is 10.1. The van der Waals surface area contributed by atoms with Crippen molar-refractivity contribution in [2.75, 3.05) is 33.9 Å². The van der Waals surface area contributed by atoms with Gasteiger partial charge in [-0.1, -0.05) is 12.6 Å². The Morgan fingerprint density at radius 3 is 2.58 bits per heavy atom. The highest BCUT2D eigenvalue weighted by Gasteiger charge is 2.58. The summed E-state index contributed by atoms with van der Waals surface area (Å²) in [5.74, 6) is -0.631. The van der Waals surface area contributed by atoms with E-state index in [0.717, 1.165) is 23.3 Å². The molecule has 1 fully saturated rings. The van der Waals surface area contributed by atoms with Crippen LogP contribution in [0.1, 0.15) is 18.4 Å². The van der Waals surface area contributed by atoms with Gasteiger partial charge < -0.3 is 19.8 Å². The number of methoxy groups -OCH3 is 1. The van der Waals surface area contributed by atoms with Gasteiger partial charge in [-0.15, -0.1) is 0 Å². The van der Waals surface area contributed by atoms with Gasteiger partial charge in [0.15, 0.2) is 16.9 Å². The molecule has 1 aliphatic carbocycles. The molecule has 0 aromatic heterocycles. The fourth-order valence-corrected chi connectivity index (χ4v) is 4.63. The number of hydrogen-bond acceptors (Lipinski definition) is 6. The highest BCUT2D eigenvalue weighted by atomic mass is 16.5. The molecule has 0 saturated heterocycles. The molecular weight excluding hydrogens is 390 g/mol. The minimum atomic E-state index is -1.73. The average molecular weight is 417 g/mol. The molecule has 1 aromatic rings. The molecule has 2 aliphatic rings. The average Bonchev–Trinajstić information content (AvgIpc) is 2.77. The Morgan fingerprint density at radius 1 is 1.29 bits per heavy atom. The monoisotopic (exact) mass is 416 g/mol. The van der Waals surface area contributed by atoms with Crippen LogP contribution >= 0.6 is 0 Å². The van der Waals surface area contributed by atoms with Crippen molar-refractivity contribution in [3.8, 4) is 29.7 Å². The molecule has 1 unspecified atom stereocenters. The number of benzene rings is 1. The Bertz CT molecular complexity index is 1050. The third-order valence-corrected chi connectivity index (χ3v) is 6.10. The molecule has 1 aliphatic heterocycles. The number of nitrogens with one attached hydrogen (secondary N) is 2. The molecule has 0 bridgehead atoms. The number of rotatable bonds is 5. The lowest BCUT2D eigenvalue weighted by Crippen LogP contribution is -3.10. The number of hydrogen-bond donors (Lipinski definition) is 2. The fourth-order valence-electron chi connectivity index (χ4n) is 4.63. The Labute approximate surface area is 182 Å². The quantitative estimate of drug-likeness (QED) is 0.712. The van der Waals surface area contributed by atoms with Crippen molar-refractivity contribution in [1.29, 1.82) is 21.2 Å². The predicted molar refractivity (Wildman–Crippen MR) is 115 cm³/mol. The summed E-state index contributed by atoms with van der Waals surface area (Å²) < 4.78 is 11.3. The molecule has 7 nitrogen and oxygen atoms in total. The van der Waals surface area contributed by atoms with Gasteiger partial charge >= 0.3 is 0 Å². The van der Waals surface area contributed by atoms with Crippen LogP contribution in [0.3, 0.4) is 0 Å². The van der Waals surface area contributed by atoms with Crippen LogP contribution in [-0.2, 0) is 0 Å². The van der Waals surface area contributed by atoms with Gasteiger partial charge in [-0.2, -0.15) is 15.8 Å². The van der Waals surface area contributed by atoms with E-state index in [1.165, 1.54) is 12.0 Å². The van der Waals surface area contributed by atoms with Crippen LogP contribution in [0.15, 0.2) is 42.0 Å². The van der Waals surface area contributed by atoms with E-state index in [2.05, 4.69) is 24.8 Å². The van der Waals surface area contributed by atoms with Gasteiger partial charge in [0, 0.05) is 11.8 Å². The van der Waals surface area contributed by atoms with Crippen LogP contribution in [0, 0.1) is 56.7 Å². The molecule has 2 N–H and O–H groups in total. The second-order valence-electron chi connectivity index (χ2n) is 8.32. The molecule has 1 heterocycles. The third-order valence-electron chi connectivity index (χ3n) is 6.10. The lowest BCUT2D eigenvalue weighted by Gasteiger charge is -2.46. The molecule has 4 atom stereocenters. The largest absolute Gasteiger partial charge is 0.493 e. The minimum Gasteiger partial charge on any atom is -0.493 e. The minimum absolute atomic E-state index is 0.145. The zero-order chi connectivity index (χ0) is 22.8. The summed E-state index contributed by atoms with van der Waals surface area (Å²) in [4.78, 5) is 1.22. The van der Waals surface area contributed by atoms with E-state index in [1.54, 1.807) is 12.1 Å². The van der Waals surface area contributed by atoms with Crippen molar-refractivity contribution in [3.63, 3.8) is 0 Å². The van der Waals surface area contributed by atoms with Crippen molar-refractivity contribution in [3.05, 3.63) is 47.6 Å². The Balaban J connectivity index is 2.18. The maximum absolute atomic E-state index is 10.1. The van der Waals surface area contributed by atoms with Crippen molar-refractivity contribution in [2.24, 2.45) is 17.3 Å². The second kappa shape index (κ2) is 8.64. The molecule has 3 rings (SSSR count). The molecule has 1 aromatic carbocycles. The van der Waals surface area contributed by atoms with Crippen LogP contribution in [0.4, 0.5) is 0 Å². The molecular formula is C24H26N5O2+. The van der Waals surface area contributed by atoms with Gasteiger partial charge in [-0.05, 0) is 41.8 Å². The van der Waals surface area contributed by atoms with Gasteiger partial charge in [0.1, 0.15) is 12.5 Å². The van der Waals surface area contributed by atoms with E-state index >= 15 is 0 Å². The maximum Gasteiger partial charge on any atom is 0.189 e. The van der Waals surface area contributed by atoms with Crippen LogP contribution in [0.5, 0.6) is 11.5 Å². The number of quaternary nitrogens is 1. The highest BCUT2D eigenvalue weighted by molar-refractivity contribution is 6.00. The lowest BCUT2D eigenvalue weighted by molar-refractivity contribution is -0.878. The number of nitriles is 3. The van der Waals surface area contributed by atoms with E-state index in [9.17, 15) is 15.8 Å². The number of ether oxygens (including phenoxy) is 2. The van der Waals surface area contributed by atoms with E-state index in [-0.39, 0.29) is 11.6 Å². The molecule has 0 radical (unpaired) electrons. The van der Waals surface area contributed by atoms with Crippen molar-refractivity contribution in [1.82, 2.24) is 0 Å². The molecule has 0 spiro atoms. The normalized spacial score (nSPS) is 26.3. The van der Waals surface area contributed by atoms with Crippen LogP contribution in [0.25, 0.3) is 0 Å². The van der Waals surface area contributed by atoms with Crippen molar-refractivity contribution in [2.45, 2.75) is 12.8 Å². The summed E-state index contributed by atoms with van der Waals surface area (Å²) in [7, 11) is 3.58. The highest BCUT2D eigenvalue weighted by Crippen LogP contribution is 2.53. The summed E-state index contributed by atoms with van der Waals surface area (Å²) in [5.41, 5.74) is 0.546. The predicted octanol–water partition coefficient (Wildman–Crippen LogP) is 2.01. The Kier molecular flexibility index (Phi) is 6.16. The first kappa shape index (κ1) is 22.1. The van der Waals surface area contributed by atoms with Gasteiger partial charge in [0.25, 0.3) is 0 Å².